The lowest BCUT2D eigenvalue weighted by atomic mass is 9.43. The summed E-state index contributed by atoms with van der Waals surface area (Å²) < 4.78 is 43.4. The zero-order chi connectivity index (χ0) is 39.0. The van der Waals surface area contributed by atoms with Crippen molar-refractivity contribution >= 4 is 25.0 Å². The Labute approximate surface area is 321 Å². The van der Waals surface area contributed by atoms with Crippen molar-refractivity contribution in [2.75, 3.05) is 13.9 Å². The van der Waals surface area contributed by atoms with E-state index >= 15 is 0 Å². The second-order valence-electron chi connectivity index (χ2n) is 18.8. The van der Waals surface area contributed by atoms with Crippen LogP contribution in [0.2, 0.25) is 0 Å². The van der Waals surface area contributed by atoms with E-state index in [4.69, 9.17) is 33.0 Å². The van der Waals surface area contributed by atoms with Gasteiger partial charge in [-0.15, -0.1) is 0 Å². The summed E-state index contributed by atoms with van der Waals surface area (Å²) in [5.41, 5.74) is 0.403. The Hall–Kier alpha value is -2.67. The van der Waals surface area contributed by atoms with Crippen LogP contribution in [-0.4, -0.2) is 74.0 Å². The van der Waals surface area contributed by atoms with Crippen molar-refractivity contribution in [2.45, 2.75) is 155 Å². The maximum Gasteiger partial charge on any atom is 0.482 e. The summed E-state index contributed by atoms with van der Waals surface area (Å²) in [5, 5.41) is 3.27. The van der Waals surface area contributed by atoms with Crippen LogP contribution in [0, 0.1) is 40.4 Å². The molecule has 10 atom stereocenters. The molecule has 1 aromatic carbocycles. The standard InChI is InChI=1S/C42H62BNO10/c1-11-24(12-2)36(46)49-23-50-37(47)28-15-13-14-25(35(28)48-10)18-33(43-52-32-22-27-20-30(39(27,5)6)42(32,9)54-43)44-34(45)16-17-40(7)51-31-21-26-19-29(38(26,3)4)41(31,8)53-40/h13-15,24,26-27,29-33H,11-12,16-23H2,1-10H3,(H,44,45). The first-order chi connectivity index (χ1) is 25.4. The molecule has 2 heterocycles. The maximum absolute atomic E-state index is 14.0. The molecule has 12 heteroatoms. The fourth-order valence-corrected chi connectivity index (χ4v) is 11.6. The lowest BCUT2D eigenvalue weighted by molar-refractivity contribution is -0.226. The van der Waals surface area contributed by atoms with Gasteiger partial charge in [-0.2, -0.15) is 0 Å². The third-order valence-corrected chi connectivity index (χ3v) is 15.2. The Morgan fingerprint density at radius 3 is 2.17 bits per heavy atom. The van der Waals surface area contributed by atoms with Crippen molar-refractivity contribution < 1.29 is 47.4 Å². The summed E-state index contributed by atoms with van der Waals surface area (Å²) in [6.45, 7) is 19.0. The van der Waals surface area contributed by atoms with Crippen LogP contribution in [0.5, 0.6) is 5.75 Å². The van der Waals surface area contributed by atoms with Crippen LogP contribution >= 0.6 is 0 Å². The van der Waals surface area contributed by atoms with Crippen molar-refractivity contribution in [3.63, 3.8) is 0 Å². The van der Waals surface area contributed by atoms with Gasteiger partial charge < -0.3 is 38.3 Å². The van der Waals surface area contributed by atoms with E-state index in [1.54, 1.807) is 12.1 Å². The fourth-order valence-electron chi connectivity index (χ4n) is 11.6. The van der Waals surface area contributed by atoms with Crippen LogP contribution in [0.3, 0.4) is 0 Å². The molecule has 9 rings (SSSR count). The number of carbonyl (C=O) groups excluding carboxylic acids is 3. The van der Waals surface area contributed by atoms with Crippen molar-refractivity contribution in [3.05, 3.63) is 29.3 Å². The smallest absolute Gasteiger partial charge is 0.482 e. The molecule has 298 valence electrons. The van der Waals surface area contributed by atoms with Gasteiger partial charge in [-0.25, -0.2) is 4.79 Å². The summed E-state index contributed by atoms with van der Waals surface area (Å²) in [7, 11) is 0.782. The zero-order valence-corrected chi connectivity index (χ0v) is 34.1. The molecule has 2 aliphatic heterocycles. The number of hydrogen-bond acceptors (Lipinski definition) is 10. The van der Waals surface area contributed by atoms with Gasteiger partial charge in [-0.1, -0.05) is 53.7 Å². The highest BCUT2D eigenvalue weighted by Gasteiger charge is 2.70. The third-order valence-electron chi connectivity index (χ3n) is 15.2. The summed E-state index contributed by atoms with van der Waals surface area (Å²) in [5.74, 6) is -0.642. The normalized spacial score (nSPS) is 37.0. The van der Waals surface area contributed by atoms with E-state index in [1.165, 1.54) is 7.11 Å². The average Bonchev–Trinajstić information content (AvgIpc) is 3.63. The summed E-state index contributed by atoms with van der Waals surface area (Å²) >= 11 is 0. The summed E-state index contributed by atoms with van der Waals surface area (Å²) in [6.07, 6.45) is 6.27. The number of nitrogens with one attached hydrogen (secondary N) is 1. The molecular formula is C42H62BNO10. The second-order valence-corrected chi connectivity index (χ2v) is 18.8. The summed E-state index contributed by atoms with van der Waals surface area (Å²) in [4.78, 5) is 39.6. The van der Waals surface area contributed by atoms with Crippen LogP contribution in [-0.2, 0) is 44.3 Å². The van der Waals surface area contributed by atoms with Crippen LogP contribution in [0.1, 0.15) is 130 Å². The number of carbonyl (C=O) groups is 3. The molecule has 1 amide bonds. The number of amides is 1. The number of hydrogen-bond donors (Lipinski definition) is 1. The van der Waals surface area contributed by atoms with E-state index in [0.29, 0.717) is 54.2 Å². The minimum Gasteiger partial charge on any atom is -0.496 e. The predicted molar refractivity (Wildman–Crippen MR) is 201 cm³/mol. The highest BCUT2D eigenvalue weighted by molar-refractivity contribution is 6.48. The number of benzene rings is 1. The third kappa shape index (κ3) is 6.48. The van der Waals surface area contributed by atoms with E-state index < -0.39 is 43.2 Å². The van der Waals surface area contributed by atoms with E-state index in [2.05, 4.69) is 46.9 Å². The van der Waals surface area contributed by atoms with Gasteiger partial charge in [0.05, 0.1) is 42.4 Å². The van der Waals surface area contributed by atoms with Gasteiger partial charge in [0.15, 0.2) is 5.79 Å². The van der Waals surface area contributed by atoms with Crippen molar-refractivity contribution in [1.29, 1.82) is 0 Å². The first-order valence-electron chi connectivity index (χ1n) is 20.4. The first-order valence-corrected chi connectivity index (χ1v) is 20.4. The average molecular weight is 752 g/mol. The molecular weight excluding hydrogens is 689 g/mol. The SMILES string of the molecule is CCC(CC)C(=O)OCOC(=O)c1cccc(CC(NC(=O)CCC2(C)OC3CC4CC(C4(C)C)C3(C)O2)B2OC3CC4CC(C4(C)C)C3(C)O2)c1OC. The molecule has 10 unspecified atom stereocenters. The molecule has 1 N–H and O–H groups in total. The molecule has 0 radical (unpaired) electrons. The second kappa shape index (κ2) is 14.1. The Morgan fingerprint density at radius 1 is 0.889 bits per heavy atom. The lowest BCUT2D eigenvalue weighted by Crippen LogP contribution is -2.65. The van der Waals surface area contributed by atoms with Crippen molar-refractivity contribution in [1.82, 2.24) is 5.32 Å². The van der Waals surface area contributed by atoms with Gasteiger partial charge in [0.1, 0.15) is 11.3 Å². The maximum atomic E-state index is 14.0. The Balaban J connectivity index is 1.06. The number of para-hydroxylation sites is 1. The molecule has 11 nitrogen and oxygen atoms in total. The van der Waals surface area contributed by atoms with Gasteiger partial charge in [0.25, 0.3) is 0 Å². The molecule has 2 saturated heterocycles. The van der Waals surface area contributed by atoms with Crippen LogP contribution in [0.25, 0.3) is 0 Å². The fraction of sp³-hybridized carbons (Fsp3) is 0.786. The van der Waals surface area contributed by atoms with Gasteiger partial charge >= 0.3 is 19.1 Å². The predicted octanol–water partition coefficient (Wildman–Crippen LogP) is 6.82. The van der Waals surface area contributed by atoms with Gasteiger partial charge in [0, 0.05) is 12.8 Å². The van der Waals surface area contributed by atoms with Crippen molar-refractivity contribution in [3.8, 4) is 5.75 Å². The highest BCUT2D eigenvalue weighted by atomic mass is 16.8. The number of rotatable bonds is 14. The Kier molecular flexibility index (Phi) is 10.3. The topological polar surface area (TPSA) is 128 Å². The van der Waals surface area contributed by atoms with Crippen LogP contribution in [0.4, 0.5) is 0 Å². The Bertz CT molecular complexity index is 1630. The molecule has 6 saturated carbocycles. The van der Waals surface area contributed by atoms with E-state index in [0.717, 1.165) is 25.7 Å². The quantitative estimate of drug-likeness (QED) is 0.123. The minimum atomic E-state index is -0.866. The Morgan fingerprint density at radius 2 is 1.54 bits per heavy atom. The minimum absolute atomic E-state index is 0.0260. The van der Waals surface area contributed by atoms with E-state index in [1.807, 2.05) is 26.8 Å². The first kappa shape index (κ1) is 39.6. The summed E-state index contributed by atoms with van der Waals surface area (Å²) in [6, 6.07) is 5.22. The number of methoxy groups -OCH3 is 1. The molecule has 6 aliphatic carbocycles. The lowest BCUT2D eigenvalue weighted by Gasteiger charge is -2.64. The monoisotopic (exact) mass is 751 g/mol. The zero-order valence-electron chi connectivity index (χ0n) is 34.1. The van der Waals surface area contributed by atoms with Gasteiger partial charge in [0.2, 0.25) is 12.7 Å². The molecule has 0 aromatic heterocycles. The van der Waals surface area contributed by atoms with E-state index in [9.17, 15) is 14.4 Å². The van der Waals surface area contributed by atoms with Crippen LogP contribution < -0.4 is 10.1 Å². The molecule has 0 spiro atoms. The van der Waals surface area contributed by atoms with E-state index in [-0.39, 0.29) is 58.9 Å². The van der Waals surface area contributed by atoms with Crippen LogP contribution in [0.15, 0.2) is 18.2 Å². The molecule has 54 heavy (non-hydrogen) atoms. The highest BCUT2D eigenvalue weighted by Crippen LogP contribution is 2.68. The molecule has 1 aromatic rings. The van der Waals surface area contributed by atoms with Gasteiger partial charge in [-0.05, 0) is 112 Å². The van der Waals surface area contributed by atoms with Gasteiger partial charge in [-0.3, -0.25) is 9.59 Å². The molecule has 8 fully saturated rings. The largest absolute Gasteiger partial charge is 0.496 e. The number of esters is 2. The molecule has 8 aliphatic rings. The molecule has 4 bridgehead atoms. The number of ether oxygens (including phenoxy) is 5. The van der Waals surface area contributed by atoms with Crippen molar-refractivity contribution in [2.24, 2.45) is 40.4 Å².